The van der Waals surface area contributed by atoms with Crippen molar-refractivity contribution < 1.29 is 13.2 Å². The van der Waals surface area contributed by atoms with E-state index in [9.17, 15) is 8.42 Å². The van der Waals surface area contributed by atoms with E-state index in [0.717, 1.165) is 0 Å². The molecule has 0 aliphatic heterocycles. The molecular formula is C7H16ClNO3S. The summed E-state index contributed by atoms with van der Waals surface area (Å²) < 4.78 is 28.6. The van der Waals surface area contributed by atoms with Crippen LogP contribution < -0.4 is 0 Å². The number of likely N-dealkylation sites (N-methyl/N-ethyl adjacent to an activating group) is 1. The van der Waals surface area contributed by atoms with Crippen LogP contribution in [0, 0.1) is 0 Å². The Morgan fingerprint density at radius 1 is 1.46 bits per heavy atom. The highest BCUT2D eigenvalue weighted by atomic mass is 35.5. The number of halogens is 1. The largest absolute Gasteiger partial charge is 0.377 e. The minimum atomic E-state index is -3.28. The zero-order chi connectivity index (χ0) is 10.5. The number of sulfonamides is 1. The van der Waals surface area contributed by atoms with Gasteiger partial charge in [-0.1, -0.05) is 0 Å². The van der Waals surface area contributed by atoms with E-state index in [1.54, 1.807) is 0 Å². The van der Waals surface area contributed by atoms with Gasteiger partial charge in [0.25, 0.3) is 0 Å². The summed E-state index contributed by atoms with van der Waals surface area (Å²) in [4.78, 5) is 0. The Morgan fingerprint density at radius 3 is 2.38 bits per heavy atom. The van der Waals surface area contributed by atoms with E-state index in [2.05, 4.69) is 0 Å². The van der Waals surface area contributed by atoms with Crippen molar-refractivity contribution in [3.8, 4) is 0 Å². The number of ether oxygens (including phenoxy) is 1. The summed E-state index contributed by atoms with van der Waals surface area (Å²) in [7, 11) is -1.79. The quantitative estimate of drug-likeness (QED) is 0.635. The van der Waals surface area contributed by atoms with Crippen LogP contribution in [0.4, 0.5) is 0 Å². The molecule has 13 heavy (non-hydrogen) atoms. The standard InChI is InChI=1S/C7H16ClNO3S/c1-7(2)12-5-4-9(3)13(10,11)6-8/h7H,4-6H2,1-3H3. The molecule has 0 aliphatic rings. The highest BCUT2D eigenvalue weighted by Crippen LogP contribution is 2.00. The molecule has 6 heteroatoms. The van der Waals surface area contributed by atoms with Gasteiger partial charge in [-0.2, -0.15) is 0 Å². The first kappa shape index (κ1) is 13.2. The van der Waals surface area contributed by atoms with Gasteiger partial charge < -0.3 is 4.74 Å². The molecule has 0 unspecified atom stereocenters. The molecule has 0 aliphatic carbocycles. The summed E-state index contributed by atoms with van der Waals surface area (Å²) in [6, 6.07) is 0. The molecule has 0 aromatic rings. The van der Waals surface area contributed by atoms with Gasteiger partial charge in [0.15, 0.2) is 0 Å². The lowest BCUT2D eigenvalue weighted by atomic mass is 10.5. The van der Waals surface area contributed by atoms with Gasteiger partial charge in [0.1, 0.15) is 5.21 Å². The number of hydrogen-bond acceptors (Lipinski definition) is 3. The minimum Gasteiger partial charge on any atom is -0.377 e. The summed E-state index contributed by atoms with van der Waals surface area (Å²) in [6.07, 6.45) is 0.118. The maximum atomic E-state index is 11.1. The molecule has 0 fully saturated rings. The van der Waals surface area contributed by atoms with Crippen LogP contribution in [-0.4, -0.2) is 44.2 Å². The van der Waals surface area contributed by atoms with Crippen LogP contribution in [-0.2, 0) is 14.8 Å². The number of rotatable bonds is 6. The normalized spacial score (nSPS) is 12.8. The van der Waals surface area contributed by atoms with Crippen LogP contribution in [0.3, 0.4) is 0 Å². The van der Waals surface area contributed by atoms with Gasteiger partial charge in [-0.15, -0.1) is 11.6 Å². The molecule has 0 saturated carbocycles. The van der Waals surface area contributed by atoms with E-state index >= 15 is 0 Å². The van der Waals surface area contributed by atoms with E-state index in [1.807, 2.05) is 13.8 Å². The van der Waals surface area contributed by atoms with Crippen molar-refractivity contribution in [3.63, 3.8) is 0 Å². The van der Waals surface area contributed by atoms with Crippen LogP contribution in [0.2, 0.25) is 0 Å². The van der Waals surface area contributed by atoms with Crippen molar-refractivity contribution in [3.05, 3.63) is 0 Å². The van der Waals surface area contributed by atoms with Gasteiger partial charge in [-0.3, -0.25) is 0 Å². The van der Waals surface area contributed by atoms with Gasteiger partial charge in [-0.05, 0) is 13.8 Å². The van der Waals surface area contributed by atoms with Crippen molar-refractivity contribution in [2.24, 2.45) is 0 Å². The Hall–Kier alpha value is 0.160. The zero-order valence-electron chi connectivity index (χ0n) is 8.16. The molecule has 0 bridgehead atoms. The molecule has 80 valence electrons. The van der Waals surface area contributed by atoms with E-state index in [1.165, 1.54) is 11.4 Å². The molecule has 0 heterocycles. The smallest absolute Gasteiger partial charge is 0.227 e. The lowest BCUT2D eigenvalue weighted by Crippen LogP contribution is -2.31. The van der Waals surface area contributed by atoms with E-state index in [0.29, 0.717) is 13.2 Å². The third-order valence-electron chi connectivity index (χ3n) is 1.47. The first-order chi connectivity index (χ1) is 5.90. The Labute approximate surface area is 84.9 Å². The maximum absolute atomic E-state index is 11.1. The monoisotopic (exact) mass is 229 g/mol. The Bertz CT molecular complexity index is 228. The van der Waals surface area contributed by atoms with Crippen molar-refractivity contribution in [2.75, 3.05) is 25.4 Å². The van der Waals surface area contributed by atoms with Gasteiger partial charge >= 0.3 is 0 Å². The molecular weight excluding hydrogens is 214 g/mol. The van der Waals surface area contributed by atoms with Crippen LogP contribution in [0.5, 0.6) is 0 Å². The third kappa shape index (κ3) is 5.46. The molecule has 0 spiro atoms. The first-order valence-electron chi connectivity index (χ1n) is 4.01. The van der Waals surface area contributed by atoms with Crippen molar-refractivity contribution >= 4 is 21.6 Å². The fraction of sp³-hybridized carbons (Fsp3) is 1.00. The van der Waals surface area contributed by atoms with Crippen molar-refractivity contribution in [2.45, 2.75) is 20.0 Å². The summed E-state index contributed by atoms with van der Waals surface area (Å²) in [5.74, 6) is 0. The Morgan fingerprint density at radius 2 is 2.00 bits per heavy atom. The molecule has 0 aromatic carbocycles. The van der Waals surface area contributed by atoms with Crippen LogP contribution in [0.25, 0.3) is 0 Å². The minimum absolute atomic E-state index is 0.118. The fourth-order valence-corrected chi connectivity index (χ4v) is 1.66. The van der Waals surface area contributed by atoms with Crippen molar-refractivity contribution in [1.29, 1.82) is 0 Å². The molecule has 4 nitrogen and oxygen atoms in total. The number of alkyl halides is 1. The maximum Gasteiger partial charge on any atom is 0.227 e. The van der Waals surface area contributed by atoms with Crippen LogP contribution in [0.15, 0.2) is 0 Å². The summed E-state index contributed by atoms with van der Waals surface area (Å²) in [5, 5.41) is -0.384. The molecule has 0 N–H and O–H groups in total. The number of nitrogens with zero attached hydrogens (tertiary/aromatic N) is 1. The molecule has 0 atom stereocenters. The molecule has 0 aromatic heterocycles. The predicted molar refractivity (Wildman–Crippen MR) is 53.4 cm³/mol. The summed E-state index contributed by atoms with van der Waals surface area (Å²) >= 11 is 5.26. The lowest BCUT2D eigenvalue weighted by Gasteiger charge is -2.16. The molecule has 0 saturated heterocycles. The van der Waals surface area contributed by atoms with E-state index in [-0.39, 0.29) is 11.3 Å². The summed E-state index contributed by atoms with van der Waals surface area (Å²) in [6.45, 7) is 4.53. The van der Waals surface area contributed by atoms with Crippen molar-refractivity contribution in [1.82, 2.24) is 4.31 Å². The Balaban J connectivity index is 3.82. The SMILES string of the molecule is CC(C)OCCN(C)S(=O)(=O)CCl. The average Bonchev–Trinajstić information content (AvgIpc) is 2.03. The Kier molecular flexibility index (Phi) is 5.87. The van der Waals surface area contributed by atoms with E-state index < -0.39 is 10.0 Å². The molecule has 0 rings (SSSR count). The highest BCUT2D eigenvalue weighted by molar-refractivity contribution is 7.90. The second kappa shape index (κ2) is 5.80. The number of hydrogen-bond donors (Lipinski definition) is 0. The second-order valence-electron chi connectivity index (χ2n) is 2.96. The average molecular weight is 230 g/mol. The van der Waals surface area contributed by atoms with Gasteiger partial charge in [0, 0.05) is 13.6 Å². The molecule has 0 amide bonds. The van der Waals surface area contributed by atoms with Gasteiger partial charge in [0.2, 0.25) is 10.0 Å². The van der Waals surface area contributed by atoms with Crippen LogP contribution >= 0.6 is 11.6 Å². The predicted octanol–water partition coefficient (Wildman–Crippen LogP) is 0.869. The second-order valence-corrected chi connectivity index (χ2v) is 5.62. The first-order valence-corrected chi connectivity index (χ1v) is 6.16. The third-order valence-corrected chi connectivity index (χ3v) is 3.71. The van der Waals surface area contributed by atoms with Gasteiger partial charge in [0.05, 0.1) is 12.7 Å². The summed E-state index contributed by atoms with van der Waals surface area (Å²) in [5.41, 5.74) is 0. The zero-order valence-corrected chi connectivity index (χ0v) is 9.73. The fourth-order valence-electron chi connectivity index (χ4n) is 0.639. The lowest BCUT2D eigenvalue weighted by molar-refractivity contribution is 0.0737. The van der Waals surface area contributed by atoms with E-state index in [4.69, 9.17) is 16.3 Å². The molecule has 0 radical (unpaired) electrons. The van der Waals surface area contributed by atoms with Gasteiger partial charge in [-0.25, -0.2) is 12.7 Å². The van der Waals surface area contributed by atoms with Crippen LogP contribution in [0.1, 0.15) is 13.8 Å². The highest BCUT2D eigenvalue weighted by Gasteiger charge is 2.15. The topological polar surface area (TPSA) is 46.6 Å².